The van der Waals surface area contributed by atoms with E-state index >= 15 is 0 Å². The summed E-state index contributed by atoms with van der Waals surface area (Å²) in [6.45, 7) is 5.40. The molecule has 0 saturated carbocycles. The Morgan fingerprint density at radius 3 is 2.67 bits per heavy atom. The van der Waals surface area contributed by atoms with Crippen LogP contribution in [0.1, 0.15) is 43.3 Å². The molecule has 2 N–H and O–H groups in total. The zero-order valence-electron chi connectivity index (χ0n) is 14.2. The second-order valence-corrected chi connectivity index (χ2v) is 6.54. The third kappa shape index (κ3) is 3.04. The van der Waals surface area contributed by atoms with Crippen LogP contribution in [0.2, 0.25) is 0 Å². The first-order valence-electron chi connectivity index (χ1n) is 8.49. The molecule has 1 unspecified atom stereocenters. The number of aromatic nitrogens is 2. The first-order chi connectivity index (χ1) is 11.2. The van der Waals surface area contributed by atoms with Crippen molar-refractivity contribution >= 4 is 23.3 Å². The van der Waals surface area contributed by atoms with Crippen LogP contribution in [0.3, 0.4) is 0 Å². The highest BCUT2D eigenvalue weighted by atomic mass is 35.5. The molecule has 1 saturated heterocycles. The Hall–Kier alpha value is -1.91. The minimum atomic E-state index is 0. The van der Waals surface area contributed by atoms with Gasteiger partial charge in [-0.25, -0.2) is 9.97 Å². The number of rotatable bonds is 2. The van der Waals surface area contributed by atoms with Gasteiger partial charge in [0, 0.05) is 24.2 Å². The minimum absolute atomic E-state index is 0. The number of benzene rings is 1. The molecular weight excluding hydrogens is 320 g/mol. The average molecular weight is 343 g/mol. The molecule has 1 atom stereocenters. The molecule has 1 aromatic heterocycles. The molecule has 3 heterocycles. The zero-order valence-corrected chi connectivity index (χ0v) is 14.9. The Morgan fingerprint density at radius 1 is 1.12 bits per heavy atom. The Balaban J connectivity index is 0.00000169. The fourth-order valence-corrected chi connectivity index (χ4v) is 3.61. The number of hydrogen-bond acceptors (Lipinski definition) is 3. The lowest BCUT2D eigenvalue weighted by atomic mass is 10.0. The van der Waals surface area contributed by atoms with Crippen LogP contribution in [-0.2, 0) is 0 Å². The van der Waals surface area contributed by atoms with Crippen LogP contribution >= 0.6 is 0 Å². The molecule has 24 heavy (non-hydrogen) atoms. The fourth-order valence-electron chi connectivity index (χ4n) is 3.61. The molecule has 1 fully saturated rings. The number of hydrogen-bond donors (Lipinski definition) is 1. The van der Waals surface area contributed by atoms with Gasteiger partial charge in [0.1, 0.15) is 17.2 Å². The molecule has 4 rings (SSSR count). The van der Waals surface area contributed by atoms with Gasteiger partial charge in [-0.2, -0.15) is 0 Å². The van der Waals surface area contributed by atoms with E-state index in [4.69, 9.17) is 4.98 Å². The Morgan fingerprint density at radius 2 is 1.92 bits per heavy atom. The van der Waals surface area contributed by atoms with Gasteiger partial charge >= 0.3 is 0 Å². The molecule has 126 valence electrons. The van der Waals surface area contributed by atoms with Gasteiger partial charge in [0.15, 0.2) is 5.82 Å². The monoisotopic (exact) mass is 342 g/mol. The van der Waals surface area contributed by atoms with Gasteiger partial charge in [0.2, 0.25) is 5.69 Å². The van der Waals surface area contributed by atoms with Gasteiger partial charge in [0.05, 0.1) is 0 Å². The van der Waals surface area contributed by atoms with Crippen LogP contribution in [0, 0.1) is 6.92 Å². The van der Waals surface area contributed by atoms with Crippen molar-refractivity contribution in [3.63, 3.8) is 0 Å². The molecule has 0 spiro atoms. The van der Waals surface area contributed by atoms with Crippen molar-refractivity contribution in [1.29, 1.82) is 0 Å². The van der Waals surface area contributed by atoms with E-state index in [1.807, 2.05) is 6.92 Å². The molecule has 2 aromatic rings. The average Bonchev–Trinajstić information content (AvgIpc) is 2.99. The fraction of sp³-hybridized carbons (Fsp3) is 0.368. The molecular formula is C19H23ClN4. The molecule has 0 bridgehead atoms. The van der Waals surface area contributed by atoms with Gasteiger partial charge < -0.3 is 17.3 Å². The Kier molecular flexibility index (Phi) is 4.88. The number of piperidine rings is 1. The predicted molar refractivity (Wildman–Crippen MR) is 93.3 cm³/mol. The first-order valence-corrected chi connectivity index (χ1v) is 8.49. The largest absolute Gasteiger partial charge is 1.00 e. The number of halogens is 1. The first kappa shape index (κ1) is 16.9. The summed E-state index contributed by atoms with van der Waals surface area (Å²) in [4.78, 5) is 11.9. The van der Waals surface area contributed by atoms with Crippen LogP contribution < -0.4 is 22.6 Å². The van der Waals surface area contributed by atoms with Crippen LogP contribution in [-0.4, -0.2) is 22.6 Å². The molecule has 0 aliphatic carbocycles. The van der Waals surface area contributed by atoms with Gasteiger partial charge in [-0.1, -0.05) is 18.2 Å². The van der Waals surface area contributed by atoms with Crippen molar-refractivity contribution in [2.45, 2.75) is 39.2 Å². The van der Waals surface area contributed by atoms with E-state index in [0.717, 1.165) is 23.9 Å². The van der Waals surface area contributed by atoms with E-state index in [0.29, 0.717) is 6.04 Å². The quantitative estimate of drug-likeness (QED) is 0.827. The third-order valence-electron chi connectivity index (χ3n) is 4.84. The summed E-state index contributed by atoms with van der Waals surface area (Å²) < 4.78 is 0. The maximum atomic E-state index is 4.80. The van der Waals surface area contributed by atoms with Gasteiger partial charge in [-0.15, -0.1) is 0 Å². The molecule has 0 amide bonds. The number of quaternary nitrogens is 1. The molecule has 5 heteroatoms. The molecule has 2 aliphatic heterocycles. The summed E-state index contributed by atoms with van der Waals surface area (Å²) in [5.74, 6) is 1.97. The third-order valence-corrected chi connectivity index (χ3v) is 4.84. The summed E-state index contributed by atoms with van der Waals surface area (Å²) >= 11 is 0. The molecule has 0 radical (unpaired) electrons. The summed E-state index contributed by atoms with van der Waals surface area (Å²) in [5, 5.41) is 2.25. The highest BCUT2D eigenvalue weighted by Gasteiger charge is 2.31. The smallest absolute Gasteiger partial charge is 0.203 e. The lowest BCUT2D eigenvalue weighted by Crippen LogP contribution is -3.00. The van der Waals surface area contributed by atoms with Crippen molar-refractivity contribution in [3.8, 4) is 0 Å². The highest BCUT2D eigenvalue weighted by Crippen LogP contribution is 2.33. The number of aryl methyl sites for hydroxylation is 1. The zero-order chi connectivity index (χ0) is 15.8. The normalized spacial score (nSPS) is 19.5. The van der Waals surface area contributed by atoms with E-state index in [1.165, 1.54) is 36.2 Å². The second-order valence-electron chi connectivity index (χ2n) is 6.54. The summed E-state index contributed by atoms with van der Waals surface area (Å²) in [6.07, 6.45) is 6.01. The van der Waals surface area contributed by atoms with Crippen LogP contribution in [0.25, 0.3) is 11.8 Å². The number of nitrogens with zero attached hydrogens (tertiary/aromatic N) is 3. The van der Waals surface area contributed by atoms with E-state index in [-0.39, 0.29) is 12.4 Å². The summed E-state index contributed by atoms with van der Waals surface area (Å²) in [7, 11) is 0. The second kappa shape index (κ2) is 6.91. The van der Waals surface area contributed by atoms with Crippen LogP contribution in [0.4, 0.5) is 11.5 Å². The van der Waals surface area contributed by atoms with Crippen molar-refractivity contribution in [3.05, 3.63) is 47.4 Å². The van der Waals surface area contributed by atoms with Crippen molar-refractivity contribution in [2.24, 2.45) is 0 Å². The van der Waals surface area contributed by atoms with E-state index in [9.17, 15) is 0 Å². The maximum Gasteiger partial charge on any atom is 0.203 e. The highest BCUT2D eigenvalue weighted by molar-refractivity contribution is 5.86. The number of anilines is 1. The van der Waals surface area contributed by atoms with Gasteiger partial charge in [-0.05, 0) is 45.2 Å². The number of fused-ring (bicyclic) bond motifs is 1. The predicted octanol–water partition coefficient (Wildman–Crippen LogP) is -0.126. The SMILES string of the molecule is Cc1nc2c(c(N3CCCCC3C)n1)[NH2+]C(c1ccccc1)=C2.[Cl-]. The molecule has 2 aliphatic rings. The van der Waals surface area contributed by atoms with E-state index in [1.54, 1.807) is 0 Å². The number of nitrogens with two attached hydrogens (primary N) is 1. The maximum absolute atomic E-state index is 4.80. The van der Waals surface area contributed by atoms with E-state index < -0.39 is 0 Å². The van der Waals surface area contributed by atoms with Gasteiger partial charge in [0.25, 0.3) is 0 Å². The lowest BCUT2D eigenvalue weighted by Gasteiger charge is -2.34. The Labute approximate surface area is 149 Å². The summed E-state index contributed by atoms with van der Waals surface area (Å²) in [6, 6.07) is 11.1. The van der Waals surface area contributed by atoms with Crippen molar-refractivity contribution in [2.75, 3.05) is 11.4 Å². The topological polar surface area (TPSA) is 45.6 Å². The molecule has 4 nitrogen and oxygen atoms in total. The van der Waals surface area contributed by atoms with Gasteiger partial charge in [-0.3, -0.25) is 5.32 Å². The van der Waals surface area contributed by atoms with Crippen molar-refractivity contribution < 1.29 is 17.7 Å². The van der Waals surface area contributed by atoms with Crippen LogP contribution in [0.15, 0.2) is 30.3 Å². The lowest BCUT2D eigenvalue weighted by molar-refractivity contribution is -0.464. The minimum Gasteiger partial charge on any atom is -1.00 e. The Bertz CT molecular complexity index is 757. The van der Waals surface area contributed by atoms with Crippen LogP contribution in [0.5, 0.6) is 0 Å². The van der Waals surface area contributed by atoms with Crippen molar-refractivity contribution in [1.82, 2.24) is 9.97 Å². The summed E-state index contributed by atoms with van der Waals surface area (Å²) in [5.41, 5.74) is 4.71. The standard InChI is InChI=1S/C19H22N4.ClH/c1-13-8-6-7-11-23(13)19-18-17(20-14(2)21-19)12-16(22-18)15-9-4-3-5-10-15;/h3-5,9-10,12-13,22H,6-8,11H2,1-2H3;1H. The molecule has 1 aromatic carbocycles. The van der Waals surface area contributed by atoms with E-state index in [2.05, 4.69) is 58.5 Å².